The van der Waals surface area contributed by atoms with Crippen LogP contribution >= 0.6 is 11.3 Å². The minimum atomic E-state index is -0.604. The summed E-state index contributed by atoms with van der Waals surface area (Å²) in [5.74, 6) is -0.457. The fraction of sp³-hybridized carbons (Fsp3) is 0.200. The summed E-state index contributed by atoms with van der Waals surface area (Å²) in [7, 11) is 0. The van der Waals surface area contributed by atoms with Gasteiger partial charge in [0.15, 0.2) is 4.80 Å². The number of esters is 1. The normalized spacial score (nSPS) is 16.1. The zero-order chi connectivity index (χ0) is 23.1. The van der Waals surface area contributed by atoms with Gasteiger partial charge in [0.05, 0.1) is 28.5 Å². The quantitative estimate of drug-likeness (QED) is 0.476. The highest BCUT2D eigenvalue weighted by Gasteiger charge is 2.33. The van der Waals surface area contributed by atoms with Crippen LogP contribution in [0.1, 0.15) is 36.6 Å². The summed E-state index contributed by atoms with van der Waals surface area (Å²) in [6.45, 7) is 5.80. The zero-order valence-electron chi connectivity index (χ0n) is 18.5. The van der Waals surface area contributed by atoms with E-state index in [-0.39, 0.29) is 12.2 Å². The fourth-order valence-corrected chi connectivity index (χ4v) is 5.13. The number of fused-ring (bicyclic) bond motifs is 2. The van der Waals surface area contributed by atoms with Gasteiger partial charge in [-0.25, -0.2) is 14.8 Å². The molecule has 0 saturated carbocycles. The van der Waals surface area contributed by atoms with Crippen LogP contribution in [-0.2, 0) is 9.53 Å². The first kappa shape index (κ1) is 21.1. The van der Waals surface area contributed by atoms with E-state index in [0.717, 1.165) is 27.7 Å². The molecule has 3 aromatic heterocycles. The number of hydrogen-bond acceptors (Lipinski definition) is 6. The van der Waals surface area contributed by atoms with Crippen molar-refractivity contribution in [2.45, 2.75) is 26.8 Å². The van der Waals surface area contributed by atoms with Crippen molar-refractivity contribution in [3.8, 4) is 0 Å². The lowest BCUT2D eigenvalue weighted by molar-refractivity contribution is -0.139. The Labute approximate surface area is 193 Å². The topological polar surface area (TPSA) is 89.3 Å². The summed E-state index contributed by atoms with van der Waals surface area (Å²) < 4.78 is 7.48. The van der Waals surface area contributed by atoms with Crippen LogP contribution in [0.3, 0.4) is 0 Å². The summed E-state index contributed by atoms with van der Waals surface area (Å²) >= 11 is 1.31. The molecule has 5 rings (SSSR count). The van der Waals surface area contributed by atoms with E-state index in [2.05, 4.69) is 15.0 Å². The predicted molar refractivity (Wildman–Crippen MR) is 128 cm³/mol. The van der Waals surface area contributed by atoms with Crippen molar-refractivity contribution in [2.24, 2.45) is 4.99 Å². The number of aryl methyl sites for hydroxylation is 1. The molecule has 1 aliphatic heterocycles. The van der Waals surface area contributed by atoms with Crippen LogP contribution in [0.25, 0.3) is 17.1 Å². The molecule has 0 aliphatic carbocycles. The number of nitrogens with one attached hydrogen (secondary N) is 1. The van der Waals surface area contributed by atoms with Crippen molar-refractivity contribution in [1.82, 2.24) is 14.5 Å². The first-order chi connectivity index (χ1) is 16.0. The van der Waals surface area contributed by atoms with E-state index >= 15 is 0 Å². The number of carbonyl (C=O) groups is 1. The number of ether oxygens (including phenoxy) is 1. The number of carbonyl (C=O) groups excluding carboxylic acids is 1. The average molecular weight is 459 g/mol. The molecule has 1 aliphatic rings. The molecule has 4 aromatic rings. The number of aromatic amines is 1. The molecule has 0 bridgehead atoms. The van der Waals surface area contributed by atoms with Crippen LogP contribution < -0.4 is 14.9 Å². The van der Waals surface area contributed by atoms with Crippen LogP contribution in [0.2, 0.25) is 0 Å². The number of pyridine rings is 1. The molecular weight excluding hydrogens is 436 g/mol. The summed E-state index contributed by atoms with van der Waals surface area (Å²) in [6.07, 6.45) is 5.40. The molecule has 0 amide bonds. The number of benzene rings is 1. The molecule has 1 unspecified atom stereocenters. The van der Waals surface area contributed by atoms with Crippen LogP contribution in [-0.4, -0.2) is 27.1 Å². The lowest BCUT2D eigenvalue weighted by Gasteiger charge is -2.24. The van der Waals surface area contributed by atoms with E-state index in [1.54, 1.807) is 24.6 Å². The number of H-pyrrole nitrogens is 1. The Morgan fingerprint density at radius 2 is 2.03 bits per heavy atom. The highest BCUT2D eigenvalue weighted by Crippen LogP contribution is 2.30. The highest BCUT2D eigenvalue weighted by atomic mass is 32.1. The van der Waals surface area contributed by atoms with E-state index in [0.29, 0.717) is 20.6 Å². The van der Waals surface area contributed by atoms with Gasteiger partial charge in [0.2, 0.25) is 0 Å². The SMILES string of the molecule is CCOC(=O)C1=C(C)N=c2s/c(=C\c3c[nH]c4ncccc34)c(=O)n2C1c1ccc(C)cc1. The fourth-order valence-electron chi connectivity index (χ4n) is 4.09. The Bertz CT molecular complexity index is 1590. The molecular formula is C25H22N4O3S. The van der Waals surface area contributed by atoms with Gasteiger partial charge in [-0.05, 0) is 44.5 Å². The van der Waals surface area contributed by atoms with Crippen LogP contribution in [0, 0.1) is 6.92 Å². The first-order valence-corrected chi connectivity index (χ1v) is 11.5. The third-order valence-electron chi connectivity index (χ3n) is 5.68. The maximum Gasteiger partial charge on any atom is 0.338 e. The van der Waals surface area contributed by atoms with Gasteiger partial charge in [0.1, 0.15) is 5.65 Å². The van der Waals surface area contributed by atoms with E-state index < -0.39 is 12.0 Å². The number of hydrogen-bond donors (Lipinski definition) is 1. The van der Waals surface area contributed by atoms with Gasteiger partial charge in [-0.2, -0.15) is 0 Å². The van der Waals surface area contributed by atoms with Gasteiger partial charge in [-0.15, -0.1) is 0 Å². The Balaban J connectivity index is 1.74. The van der Waals surface area contributed by atoms with Crippen molar-refractivity contribution in [3.63, 3.8) is 0 Å². The molecule has 0 fully saturated rings. The molecule has 0 saturated heterocycles. The molecule has 0 radical (unpaired) electrons. The second kappa shape index (κ2) is 8.29. The molecule has 7 nitrogen and oxygen atoms in total. The largest absolute Gasteiger partial charge is 0.463 e. The summed E-state index contributed by atoms with van der Waals surface area (Å²) in [6, 6.07) is 11.1. The Morgan fingerprint density at radius 3 is 2.79 bits per heavy atom. The maximum atomic E-state index is 13.6. The number of allylic oxidation sites excluding steroid dienone is 1. The second-order valence-corrected chi connectivity index (χ2v) is 8.87. The third kappa shape index (κ3) is 3.62. The van der Waals surface area contributed by atoms with E-state index in [1.165, 1.54) is 11.3 Å². The number of rotatable bonds is 4. The van der Waals surface area contributed by atoms with Crippen molar-refractivity contribution in [2.75, 3.05) is 6.61 Å². The Hall–Kier alpha value is -3.78. The van der Waals surface area contributed by atoms with E-state index in [1.807, 2.05) is 55.6 Å². The molecule has 166 valence electrons. The van der Waals surface area contributed by atoms with Gasteiger partial charge in [-0.1, -0.05) is 41.2 Å². The minimum Gasteiger partial charge on any atom is -0.463 e. The third-order valence-corrected chi connectivity index (χ3v) is 6.66. The zero-order valence-corrected chi connectivity index (χ0v) is 19.3. The van der Waals surface area contributed by atoms with Crippen molar-refractivity contribution in [1.29, 1.82) is 0 Å². The lowest BCUT2D eigenvalue weighted by Crippen LogP contribution is -2.39. The minimum absolute atomic E-state index is 0.197. The predicted octanol–water partition coefficient (Wildman–Crippen LogP) is 2.98. The van der Waals surface area contributed by atoms with Crippen molar-refractivity contribution < 1.29 is 9.53 Å². The first-order valence-electron chi connectivity index (χ1n) is 10.7. The molecule has 1 atom stereocenters. The summed E-state index contributed by atoms with van der Waals surface area (Å²) in [5.41, 5.74) is 4.31. The molecule has 1 N–H and O–H groups in total. The number of aromatic nitrogens is 3. The van der Waals surface area contributed by atoms with E-state index in [9.17, 15) is 9.59 Å². The molecule has 4 heterocycles. The summed E-state index contributed by atoms with van der Waals surface area (Å²) in [5, 5.41) is 0.932. The highest BCUT2D eigenvalue weighted by molar-refractivity contribution is 7.07. The van der Waals surface area contributed by atoms with Crippen molar-refractivity contribution in [3.05, 3.63) is 96.4 Å². The standard InChI is InChI=1S/C25H22N4O3S/c1-4-32-24(31)20-15(3)28-25-29(21(20)16-9-7-14(2)8-10-16)23(30)19(33-25)12-17-13-27-22-18(17)6-5-11-26-22/h5-13,21H,4H2,1-3H3,(H,26,27)/b19-12-. The molecule has 8 heteroatoms. The molecule has 0 spiro atoms. The van der Waals surface area contributed by atoms with Crippen LogP contribution in [0.15, 0.2) is 69.8 Å². The Morgan fingerprint density at radius 1 is 1.24 bits per heavy atom. The molecule has 1 aromatic carbocycles. The number of thiazole rings is 1. The van der Waals surface area contributed by atoms with Crippen molar-refractivity contribution >= 4 is 34.4 Å². The monoisotopic (exact) mass is 458 g/mol. The van der Waals surface area contributed by atoms with Crippen LogP contribution in [0.5, 0.6) is 0 Å². The van der Waals surface area contributed by atoms with Gasteiger partial charge < -0.3 is 9.72 Å². The van der Waals surface area contributed by atoms with E-state index in [4.69, 9.17) is 4.74 Å². The van der Waals surface area contributed by atoms with Crippen LogP contribution in [0.4, 0.5) is 0 Å². The second-order valence-electron chi connectivity index (χ2n) is 7.86. The summed E-state index contributed by atoms with van der Waals surface area (Å²) in [4.78, 5) is 39.2. The number of nitrogens with zero attached hydrogens (tertiary/aromatic N) is 3. The van der Waals surface area contributed by atoms with Gasteiger partial charge in [0.25, 0.3) is 5.56 Å². The lowest BCUT2D eigenvalue weighted by atomic mass is 9.95. The smallest absolute Gasteiger partial charge is 0.338 e. The Kier molecular flexibility index (Phi) is 5.30. The van der Waals surface area contributed by atoms with Gasteiger partial charge in [-0.3, -0.25) is 9.36 Å². The maximum absolute atomic E-state index is 13.6. The van der Waals surface area contributed by atoms with Gasteiger partial charge in [0, 0.05) is 23.3 Å². The average Bonchev–Trinajstić information content (AvgIpc) is 3.35. The molecule has 33 heavy (non-hydrogen) atoms. The van der Waals surface area contributed by atoms with Gasteiger partial charge >= 0.3 is 5.97 Å².